The molecule has 0 spiro atoms. The van der Waals surface area contributed by atoms with Gasteiger partial charge in [0, 0.05) is 12.1 Å². The first-order valence-corrected chi connectivity index (χ1v) is 10.1. The number of benzene rings is 2. The Bertz CT molecular complexity index is 1020. The van der Waals surface area contributed by atoms with E-state index in [1.54, 1.807) is 0 Å². The number of hydrogen-bond donors (Lipinski definition) is 3. The van der Waals surface area contributed by atoms with Crippen LogP contribution in [0.15, 0.2) is 58.9 Å². The van der Waals surface area contributed by atoms with Gasteiger partial charge in [0.2, 0.25) is 5.75 Å². The van der Waals surface area contributed by atoms with Gasteiger partial charge in [-0.3, -0.25) is 4.79 Å². The van der Waals surface area contributed by atoms with Gasteiger partial charge in [0.05, 0.1) is 24.8 Å². The first kappa shape index (κ1) is 21.2. The Morgan fingerprint density at radius 2 is 1.87 bits per heavy atom. The standard InChI is InChI=1S/C22H23N3O4S/c1-28-17-12-15(13-18(29-2)20(17)26)22(27)24-9-8-14-5-3-6-16(11-14)25-21(23)19-7-4-10-30-19/h3-7,10-13,26H,8-9H2,1-2H3,(H2,23,25)(H,24,27). The predicted molar refractivity (Wildman–Crippen MR) is 118 cm³/mol. The van der Waals surface area contributed by atoms with E-state index in [0.717, 1.165) is 16.1 Å². The van der Waals surface area contributed by atoms with Crippen molar-refractivity contribution in [1.29, 1.82) is 0 Å². The van der Waals surface area contributed by atoms with Crippen LogP contribution in [0.1, 0.15) is 20.8 Å². The van der Waals surface area contributed by atoms with E-state index >= 15 is 0 Å². The molecule has 0 aliphatic carbocycles. The molecular formula is C22H23N3O4S. The number of aromatic hydroxyl groups is 1. The number of phenolic OH excluding ortho intramolecular Hbond substituents is 1. The maximum Gasteiger partial charge on any atom is 0.251 e. The number of amidine groups is 1. The Kier molecular flexibility index (Phi) is 6.92. The molecule has 0 aliphatic rings. The van der Waals surface area contributed by atoms with Crippen molar-refractivity contribution in [2.45, 2.75) is 6.42 Å². The number of carbonyl (C=O) groups is 1. The van der Waals surface area contributed by atoms with Crippen molar-refractivity contribution in [2.75, 3.05) is 20.8 Å². The van der Waals surface area contributed by atoms with Gasteiger partial charge >= 0.3 is 0 Å². The minimum atomic E-state index is -0.289. The second-order valence-corrected chi connectivity index (χ2v) is 7.33. The average molecular weight is 426 g/mol. The highest BCUT2D eigenvalue weighted by molar-refractivity contribution is 7.12. The second-order valence-electron chi connectivity index (χ2n) is 6.38. The molecule has 7 nitrogen and oxygen atoms in total. The fraction of sp³-hybridized carbons (Fsp3) is 0.182. The van der Waals surface area contributed by atoms with Crippen molar-refractivity contribution in [1.82, 2.24) is 5.32 Å². The van der Waals surface area contributed by atoms with E-state index < -0.39 is 0 Å². The van der Waals surface area contributed by atoms with E-state index in [1.807, 2.05) is 41.8 Å². The zero-order chi connectivity index (χ0) is 21.5. The topological polar surface area (TPSA) is 106 Å². The summed E-state index contributed by atoms with van der Waals surface area (Å²) >= 11 is 1.54. The maximum absolute atomic E-state index is 12.5. The Labute approximate surface area is 178 Å². The number of phenols is 1. The van der Waals surface area contributed by atoms with Crippen LogP contribution in [0.4, 0.5) is 5.69 Å². The SMILES string of the molecule is COc1cc(C(=O)NCCc2cccc(N=C(N)c3cccs3)c2)cc(OC)c1O. The van der Waals surface area contributed by atoms with Crippen molar-refractivity contribution in [3.05, 3.63) is 69.9 Å². The molecule has 3 rings (SSSR count). The van der Waals surface area contributed by atoms with E-state index in [4.69, 9.17) is 15.2 Å². The summed E-state index contributed by atoms with van der Waals surface area (Å²) in [6, 6.07) is 14.5. The highest BCUT2D eigenvalue weighted by Gasteiger charge is 2.15. The molecule has 0 fully saturated rings. The van der Waals surface area contributed by atoms with Crippen molar-refractivity contribution in [3.8, 4) is 17.2 Å². The van der Waals surface area contributed by atoms with Crippen LogP contribution in [-0.2, 0) is 6.42 Å². The van der Waals surface area contributed by atoms with Crippen LogP contribution in [0.3, 0.4) is 0 Å². The Balaban J connectivity index is 1.63. The average Bonchev–Trinajstić information content (AvgIpc) is 3.29. The maximum atomic E-state index is 12.5. The minimum Gasteiger partial charge on any atom is -0.502 e. The Hall–Kier alpha value is -3.52. The molecule has 0 saturated carbocycles. The van der Waals surface area contributed by atoms with Gasteiger partial charge in [-0.2, -0.15) is 0 Å². The summed E-state index contributed by atoms with van der Waals surface area (Å²) in [6.07, 6.45) is 0.625. The van der Waals surface area contributed by atoms with Crippen molar-refractivity contribution in [3.63, 3.8) is 0 Å². The first-order chi connectivity index (χ1) is 14.5. The number of carbonyl (C=O) groups excluding carboxylic acids is 1. The minimum absolute atomic E-state index is 0.143. The van der Waals surface area contributed by atoms with Crippen LogP contribution in [0.2, 0.25) is 0 Å². The molecule has 0 saturated heterocycles. The lowest BCUT2D eigenvalue weighted by atomic mass is 10.1. The highest BCUT2D eigenvalue weighted by Crippen LogP contribution is 2.37. The number of nitrogens with one attached hydrogen (secondary N) is 1. The van der Waals surface area contributed by atoms with Gasteiger partial charge < -0.3 is 25.6 Å². The molecule has 1 heterocycles. The molecule has 4 N–H and O–H groups in total. The molecule has 0 atom stereocenters. The summed E-state index contributed by atoms with van der Waals surface area (Å²) in [6.45, 7) is 0.428. The Morgan fingerprint density at radius 3 is 2.50 bits per heavy atom. The molecule has 3 aromatic rings. The summed E-state index contributed by atoms with van der Waals surface area (Å²) < 4.78 is 10.2. The largest absolute Gasteiger partial charge is 0.502 e. The number of amides is 1. The molecular weight excluding hydrogens is 402 g/mol. The lowest BCUT2D eigenvalue weighted by Gasteiger charge is -2.11. The lowest BCUT2D eigenvalue weighted by Crippen LogP contribution is -2.25. The van der Waals surface area contributed by atoms with E-state index in [1.165, 1.54) is 37.7 Å². The van der Waals surface area contributed by atoms with E-state index in [-0.39, 0.29) is 23.2 Å². The molecule has 0 radical (unpaired) electrons. The molecule has 0 unspecified atom stereocenters. The number of nitrogens with two attached hydrogens (primary N) is 1. The van der Waals surface area contributed by atoms with Crippen LogP contribution in [0.25, 0.3) is 0 Å². The van der Waals surface area contributed by atoms with Gasteiger partial charge in [0.25, 0.3) is 5.91 Å². The van der Waals surface area contributed by atoms with Gasteiger partial charge in [-0.05, 0) is 47.7 Å². The molecule has 2 aromatic carbocycles. The summed E-state index contributed by atoms with van der Waals surface area (Å²) in [5, 5.41) is 14.8. The Morgan fingerprint density at radius 1 is 1.13 bits per heavy atom. The van der Waals surface area contributed by atoms with E-state index in [9.17, 15) is 9.90 Å². The first-order valence-electron chi connectivity index (χ1n) is 9.22. The molecule has 1 amide bonds. The van der Waals surface area contributed by atoms with Crippen molar-refractivity contribution < 1.29 is 19.4 Å². The number of nitrogens with zero attached hydrogens (tertiary/aromatic N) is 1. The van der Waals surface area contributed by atoms with Crippen LogP contribution >= 0.6 is 11.3 Å². The molecule has 0 aliphatic heterocycles. The third-order valence-corrected chi connectivity index (χ3v) is 5.27. The van der Waals surface area contributed by atoms with Gasteiger partial charge in [0.1, 0.15) is 5.84 Å². The normalized spacial score (nSPS) is 11.2. The monoisotopic (exact) mass is 425 g/mol. The summed E-state index contributed by atoms with van der Waals surface area (Å²) in [4.78, 5) is 17.9. The van der Waals surface area contributed by atoms with Crippen LogP contribution in [0.5, 0.6) is 17.2 Å². The number of rotatable bonds is 8. The van der Waals surface area contributed by atoms with Crippen LogP contribution in [0, 0.1) is 0 Å². The van der Waals surface area contributed by atoms with E-state index in [2.05, 4.69) is 10.3 Å². The van der Waals surface area contributed by atoms with Gasteiger partial charge in [-0.15, -0.1) is 11.3 Å². The van der Waals surface area contributed by atoms with Gasteiger partial charge in [0.15, 0.2) is 11.5 Å². The summed E-state index contributed by atoms with van der Waals surface area (Å²) in [5.41, 5.74) is 8.17. The molecule has 8 heteroatoms. The number of hydrogen-bond acceptors (Lipinski definition) is 6. The molecule has 1 aromatic heterocycles. The van der Waals surface area contributed by atoms with Crippen molar-refractivity contribution >= 4 is 28.8 Å². The molecule has 156 valence electrons. The molecule has 0 bridgehead atoms. The summed E-state index contributed by atoms with van der Waals surface area (Å²) in [5.74, 6) is 0.394. The van der Waals surface area contributed by atoms with Gasteiger partial charge in [-0.1, -0.05) is 18.2 Å². The zero-order valence-corrected chi connectivity index (χ0v) is 17.5. The fourth-order valence-corrected chi connectivity index (χ4v) is 3.47. The van der Waals surface area contributed by atoms with Gasteiger partial charge in [-0.25, -0.2) is 4.99 Å². The lowest BCUT2D eigenvalue weighted by molar-refractivity contribution is 0.0953. The zero-order valence-electron chi connectivity index (χ0n) is 16.7. The number of thiophene rings is 1. The van der Waals surface area contributed by atoms with E-state index in [0.29, 0.717) is 24.4 Å². The predicted octanol–water partition coefficient (Wildman–Crippen LogP) is 3.48. The van der Waals surface area contributed by atoms with Crippen LogP contribution < -0.4 is 20.5 Å². The fourth-order valence-electron chi connectivity index (χ4n) is 2.85. The van der Waals surface area contributed by atoms with Crippen molar-refractivity contribution in [2.24, 2.45) is 10.7 Å². The third-order valence-electron chi connectivity index (χ3n) is 4.37. The third kappa shape index (κ3) is 5.09. The van der Waals surface area contributed by atoms with Crippen LogP contribution in [-0.4, -0.2) is 37.6 Å². The number of aliphatic imine (C=N–C) groups is 1. The quantitative estimate of drug-likeness (QED) is 0.378. The number of methoxy groups -OCH3 is 2. The number of ether oxygens (including phenoxy) is 2. The summed E-state index contributed by atoms with van der Waals surface area (Å²) in [7, 11) is 2.83. The smallest absolute Gasteiger partial charge is 0.251 e. The second kappa shape index (κ2) is 9.80. The molecule has 30 heavy (non-hydrogen) atoms. The highest BCUT2D eigenvalue weighted by atomic mass is 32.1.